The summed E-state index contributed by atoms with van der Waals surface area (Å²) in [5.41, 5.74) is 1.90. The fourth-order valence-corrected chi connectivity index (χ4v) is 2.04. The largest absolute Gasteiger partial charge is 0.436 e. The van der Waals surface area contributed by atoms with Crippen LogP contribution in [0.4, 0.5) is 0 Å². The van der Waals surface area contributed by atoms with Gasteiger partial charge in [-0.1, -0.05) is 12.1 Å². The fraction of sp³-hybridized carbons (Fsp3) is 0.286. The number of para-hydroxylation sites is 2. The van der Waals surface area contributed by atoms with E-state index >= 15 is 0 Å². The van der Waals surface area contributed by atoms with Crippen molar-refractivity contribution in [2.45, 2.75) is 0 Å². The topological polar surface area (TPSA) is 55.6 Å². The van der Waals surface area contributed by atoms with E-state index in [1.54, 1.807) is 6.20 Å². The Morgan fingerprint density at radius 2 is 2.05 bits per heavy atom. The summed E-state index contributed by atoms with van der Waals surface area (Å²) in [7, 11) is 0. The first-order valence-electron chi connectivity index (χ1n) is 6.21. The second-order valence-electron chi connectivity index (χ2n) is 4.34. The molecule has 0 radical (unpaired) electrons. The van der Waals surface area contributed by atoms with E-state index in [2.05, 4.69) is 4.98 Å². The maximum atomic E-state index is 11.2. The van der Waals surface area contributed by atoms with Crippen LogP contribution in [-0.2, 0) is 9.53 Å². The molecule has 0 N–H and O–H groups in total. The third-order valence-corrected chi connectivity index (χ3v) is 3.04. The zero-order valence-corrected chi connectivity index (χ0v) is 10.4. The van der Waals surface area contributed by atoms with Crippen LogP contribution >= 0.6 is 0 Å². The van der Waals surface area contributed by atoms with Gasteiger partial charge in [0.15, 0.2) is 11.9 Å². The van der Waals surface area contributed by atoms with E-state index in [1.165, 1.54) is 0 Å². The standard InChI is InChI=1S/C14H14N2O3/c17-10-11(9-16-5-7-18-8-6-16)14-15-12-3-1-2-4-13(12)19-14/h1-4,9-10H,5-8H2/b11-9+. The Kier molecular flexibility index (Phi) is 3.29. The van der Waals surface area contributed by atoms with Crippen molar-refractivity contribution in [3.8, 4) is 0 Å². The van der Waals surface area contributed by atoms with Gasteiger partial charge in [0, 0.05) is 19.3 Å². The van der Waals surface area contributed by atoms with Gasteiger partial charge in [-0.3, -0.25) is 4.79 Å². The fourth-order valence-electron chi connectivity index (χ4n) is 2.04. The van der Waals surface area contributed by atoms with Gasteiger partial charge in [-0.05, 0) is 12.1 Å². The van der Waals surface area contributed by atoms with Crippen molar-refractivity contribution in [3.05, 3.63) is 36.4 Å². The molecule has 0 atom stereocenters. The molecule has 1 aromatic heterocycles. The van der Waals surface area contributed by atoms with E-state index in [1.807, 2.05) is 29.2 Å². The molecule has 5 heteroatoms. The molecular formula is C14H14N2O3. The Labute approximate surface area is 110 Å². The van der Waals surface area contributed by atoms with E-state index in [0.29, 0.717) is 30.3 Å². The highest BCUT2D eigenvalue weighted by molar-refractivity contribution is 6.05. The molecule has 98 valence electrons. The normalized spacial score (nSPS) is 16.8. The summed E-state index contributed by atoms with van der Waals surface area (Å²) in [4.78, 5) is 17.6. The predicted octanol–water partition coefficient (Wildman–Crippen LogP) is 1.70. The van der Waals surface area contributed by atoms with Crippen LogP contribution in [-0.4, -0.2) is 42.5 Å². The Balaban J connectivity index is 1.92. The number of oxazole rings is 1. The van der Waals surface area contributed by atoms with Crippen molar-refractivity contribution < 1.29 is 13.9 Å². The number of carbonyl (C=O) groups excluding carboxylic acids is 1. The SMILES string of the molecule is O=C/C(=C\N1CCOCC1)c1nc2ccccc2o1. The van der Waals surface area contributed by atoms with Gasteiger partial charge in [0.2, 0.25) is 5.89 Å². The molecule has 0 saturated carbocycles. The van der Waals surface area contributed by atoms with Crippen molar-refractivity contribution in [2.24, 2.45) is 0 Å². The molecule has 0 unspecified atom stereocenters. The zero-order valence-electron chi connectivity index (χ0n) is 10.4. The quantitative estimate of drug-likeness (QED) is 0.619. The predicted molar refractivity (Wildman–Crippen MR) is 70.4 cm³/mol. The van der Waals surface area contributed by atoms with Crippen LogP contribution in [0.2, 0.25) is 0 Å². The summed E-state index contributed by atoms with van der Waals surface area (Å²) in [5.74, 6) is 0.364. The Hall–Kier alpha value is -2.14. The van der Waals surface area contributed by atoms with Crippen LogP contribution in [0.25, 0.3) is 16.7 Å². The molecule has 2 aromatic rings. The number of rotatable bonds is 3. The number of allylic oxidation sites excluding steroid dienone is 1. The van der Waals surface area contributed by atoms with Gasteiger partial charge in [-0.15, -0.1) is 0 Å². The number of morpholine rings is 1. The smallest absolute Gasteiger partial charge is 0.232 e. The number of aromatic nitrogens is 1. The molecule has 3 rings (SSSR count). The average molecular weight is 258 g/mol. The van der Waals surface area contributed by atoms with Crippen molar-refractivity contribution in [1.82, 2.24) is 9.88 Å². The van der Waals surface area contributed by atoms with Crippen LogP contribution < -0.4 is 0 Å². The summed E-state index contributed by atoms with van der Waals surface area (Å²) in [6.07, 6.45) is 2.57. The van der Waals surface area contributed by atoms with Gasteiger partial charge in [-0.25, -0.2) is 4.98 Å². The third-order valence-electron chi connectivity index (χ3n) is 3.04. The second kappa shape index (κ2) is 5.24. The highest BCUT2D eigenvalue weighted by Gasteiger charge is 2.13. The van der Waals surface area contributed by atoms with Crippen molar-refractivity contribution >= 4 is 23.0 Å². The summed E-state index contributed by atoms with van der Waals surface area (Å²) in [5, 5.41) is 0. The molecule has 2 heterocycles. The Morgan fingerprint density at radius 1 is 1.26 bits per heavy atom. The highest BCUT2D eigenvalue weighted by atomic mass is 16.5. The van der Waals surface area contributed by atoms with E-state index in [4.69, 9.17) is 9.15 Å². The van der Waals surface area contributed by atoms with E-state index in [0.717, 1.165) is 24.9 Å². The zero-order chi connectivity index (χ0) is 13.1. The number of hydrogen-bond donors (Lipinski definition) is 0. The van der Waals surface area contributed by atoms with Crippen LogP contribution in [0.5, 0.6) is 0 Å². The molecule has 1 saturated heterocycles. The molecule has 1 aromatic carbocycles. The summed E-state index contributed by atoms with van der Waals surface area (Å²) in [6.45, 7) is 2.90. The summed E-state index contributed by atoms with van der Waals surface area (Å²) < 4.78 is 10.9. The molecular weight excluding hydrogens is 244 g/mol. The molecule has 0 spiro atoms. The minimum atomic E-state index is 0.364. The first-order chi connectivity index (χ1) is 9.36. The lowest BCUT2D eigenvalue weighted by Gasteiger charge is -2.25. The third kappa shape index (κ3) is 2.51. The molecule has 1 aliphatic rings. The van der Waals surface area contributed by atoms with Crippen LogP contribution in [0.3, 0.4) is 0 Å². The van der Waals surface area contributed by atoms with Crippen LogP contribution in [0.1, 0.15) is 5.89 Å². The number of benzene rings is 1. The summed E-state index contributed by atoms with van der Waals surface area (Å²) >= 11 is 0. The van der Waals surface area contributed by atoms with Gasteiger partial charge in [0.25, 0.3) is 0 Å². The second-order valence-corrected chi connectivity index (χ2v) is 4.34. The highest BCUT2D eigenvalue weighted by Crippen LogP contribution is 2.20. The number of nitrogens with zero attached hydrogens (tertiary/aromatic N) is 2. The van der Waals surface area contributed by atoms with Crippen molar-refractivity contribution in [2.75, 3.05) is 26.3 Å². The van der Waals surface area contributed by atoms with E-state index < -0.39 is 0 Å². The van der Waals surface area contributed by atoms with Crippen LogP contribution in [0.15, 0.2) is 34.9 Å². The lowest BCUT2D eigenvalue weighted by Crippen LogP contribution is -2.32. The summed E-state index contributed by atoms with van der Waals surface area (Å²) in [6, 6.07) is 7.47. The minimum Gasteiger partial charge on any atom is -0.436 e. The van der Waals surface area contributed by atoms with Crippen molar-refractivity contribution in [1.29, 1.82) is 0 Å². The average Bonchev–Trinajstić information content (AvgIpc) is 2.89. The molecule has 0 amide bonds. The molecule has 0 bridgehead atoms. The number of fused-ring (bicyclic) bond motifs is 1. The monoisotopic (exact) mass is 258 g/mol. The van der Waals surface area contributed by atoms with Gasteiger partial charge in [-0.2, -0.15) is 0 Å². The maximum absolute atomic E-state index is 11.2. The van der Waals surface area contributed by atoms with E-state index in [9.17, 15) is 4.79 Å². The Bertz CT molecular complexity index is 579. The lowest BCUT2D eigenvalue weighted by atomic mass is 10.3. The van der Waals surface area contributed by atoms with Crippen molar-refractivity contribution in [3.63, 3.8) is 0 Å². The number of aldehydes is 1. The first kappa shape index (κ1) is 11.9. The minimum absolute atomic E-state index is 0.364. The van der Waals surface area contributed by atoms with Crippen LogP contribution in [0, 0.1) is 0 Å². The van der Waals surface area contributed by atoms with Gasteiger partial charge in [0.05, 0.1) is 18.8 Å². The molecule has 0 aliphatic carbocycles. The number of carbonyl (C=O) groups is 1. The Morgan fingerprint density at radius 3 is 2.79 bits per heavy atom. The van der Waals surface area contributed by atoms with Gasteiger partial charge in [0.1, 0.15) is 5.52 Å². The van der Waals surface area contributed by atoms with E-state index in [-0.39, 0.29) is 0 Å². The number of ether oxygens (including phenoxy) is 1. The van der Waals surface area contributed by atoms with Gasteiger partial charge < -0.3 is 14.1 Å². The molecule has 19 heavy (non-hydrogen) atoms. The molecule has 1 fully saturated rings. The lowest BCUT2D eigenvalue weighted by molar-refractivity contribution is -0.103. The molecule has 1 aliphatic heterocycles. The van der Waals surface area contributed by atoms with Gasteiger partial charge >= 0.3 is 0 Å². The first-order valence-corrected chi connectivity index (χ1v) is 6.21. The molecule has 5 nitrogen and oxygen atoms in total. The number of hydrogen-bond acceptors (Lipinski definition) is 5. The maximum Gasteiger partial charge on any atom is 0.232 e.